The highest BCUT2D eigenvalue weighted by Crippen LogP contribution is 2.27. The minimum Gasteiger partial charge on any atom is -0.374 e. The van der Waals surface area contributed by atoms with Gasteiger partial charge in [0.1, 0.15) is 0 Å². The van der Waals surface area contributed by atoms with Gasteiger partial charge in [0, 0.05) is 50.2 Å². The Bertz CT molecular complexity index is 792. The standard InChI is InChI=1S/C22H28N4O/c1-25-12-4-6-17-14-18(9-10-21(17)25)22(27)24-20-8-5-13-26(16-20)15-19-7-2-3-11-23-19/h2-3,7,9-11,14,20H,4-6,8,12-13,15-16H2,1H3,(H,24,27). The second kappa shape index (κ2) is 8.09. The number of anilines is 1. The molecule has 5 heteroatoms. The van der Waals surface area contributed by atoms with Crippen LogP contribution in [0.1, 0.15) is 40.9 Å². The maximum Gasteiger partial charge on any atom is 0.251 e. The van der Waals surface area contributed by atoms with Crippen LogP contribution in [0, 0.1) is 0 Å². The summed E-state index contributed by atoms with van der Waals surface area (Å²) in [5.41, 5.74) is 4.42. The fourth-order valence-electron chi connectivity index (χ4n) is 4.23. The molecule has 2 aliphatic heterocycles. The molecule has 0 spiro atoms. The van der Waals surface area contributed by atoms with Crippen LogP contribution < -0.4 is 10.2 Å². The molecule has 0 radical (unpaired) electrons. The summed E-state index contributed by atoms with van der Waals surface area (Å²) in [5, 5.41) is 3.25. The number of carbonyl (C=O) groups is 1. The number of amides is 1. The molecule has 1 saturated heterocycles. The number of pyridine rings is 1. The summed E-state index contributed by atoms with van der Waals surface area (Å²) in [4.78, 5) is 21.9. The van der Waals surface area contributed by atoms with Gasteiger partial charge < -0.3 is 10.2 Å². The lowest BCUT2D eigenvalue weighted by Crippen LogP contribution is -2.47. The average Bonchev–Trinajstić information content (AvgIpc) is 2.69. The number of aromatic nitrogens is 1. The number of likely N-dealkylation sites (tertiary alicyclic amines) is 1. The van der Waals surface area contributed by atoms with E-state index >= 15 is 0 Å². The first-order valence-electron chi connectivity index (χ1n) is 9.96. The largest absolute Gasteiger partial charge is 0.374 e. The van der Waals surface area contributed by atoms with Crippen molar-refractivity contribution in [3.63, 3.8) is 0 Å². The second-order valence-electron chi connectivity index (χ2n) is 7.74. The predicted octanol–water partition coefficient (Wildman–Crippen LogP) is 2.86. The highest BCUT2D eigenvalue weighted by Gasteiger charge is 2.23. The molecule has 3 heterocycles. The minimum atomic E-state index is 0.0516. The number of nitrogens with zero attached hydrogens (tertiary/aromatic N) is 3. The van der Waals surface area contributed by atoms with Gasteiger partial charge in [-0.2, -0.15) is 0 Å². The molecule has 1 atom stereocenters. The van der Waals surface area contributed by atoms with Crippen LogP contribution in [0.2, 0.25) is 0 Å². The van der Waals surface area contributed by atoms with E-state index in [1.54, 1.807) is 0 Å². The molecule has 4 rings (SSSR count). The predicted molar refractivity (Wildman–Crippen MR) is 108 cm³/mol. The second-order valence-corrected chi connectivity index (χ2v) is 7.74. The van der Waals surface area contributed by atoms with E-state index in [9.17, 15) is 4.79 Å². The Kier molecular flexibility index (Phi) is 5.39. The molecule has 1 fully saturated rings. The highest BCUT2D eigenvalue weighted by molar-refractivity contribution is 5.95. The normalized spacial score (nSPS) is 20.2. The monoisotopic (exact) mass is 364 g/mol. The van der Waals surface area contributed by atoms with E-state index in [-0.39, 0.29) is 11.9 Å². The summed E-state index contributed by atoms with van der Waals surface area (Å²) in [6, 6.07) is 12.4. The van der Waals surface area contributed by atoms with Crippen molar-refractivity contribution in [2.75, 3.05) is 31.6 Å². The van der Waals surface area contributed by atoms with Crippen LogP contribution in [0.5, 0.6) is 0 Å². The number of piperidine rings is 1. The molecule has 5 nitrogen and oxygen atoms in total. The van der Waals surface area contributed by atoms with Crippen LogP contribution in [0.3, 0.4) is 0 Å². The number of fused-ring (bicyclic) bond motifs is 1. The molecule has 1 N–H and O–H groups in total. The lowest BCUT2D eigenvalue weighted by molar-refractivity contribution is 0.0900. The first-order valence-corrected chi connectivity index (χ1v) is 9.96. The van der Waals surface area contributed by atoms with Gasteiger partial charge >= 0.3 is 0 Å². The third-order valence-electron chi connectivity index (χ3n) is 5.65. The Balaban J connectivity index is 1.37. The first kappa shape index (κ1) is 18.0. The van der Waals surface area contributed by atoms with Crippen molar-refractivity contribution in [2.24, 2.45) is 0 Å². The van der Waals surface area contributed by atoms with E-state index < -0.39 is 0 Å². The third kappa shape index (κ3) is 4.30. The van der Waals surface area contributed by atoms with Crippen LogP contribution >= 0.6 is 0 Å². The zero-order chi connectivity index (χ0) is 18.6. The summed E-state index contributed by atoms with van der Waals surface area (Å²) in [6.07, 6.45) is 6.19. The fraction of sp³-hybridized carbons (Fsp3) is 0.455. The molecule has 0 aliphatic carbocycles. The van der Waals surface area contributed by atoms with Gasteiger partial charge in [0.15, 0.2) is 0 Å². The van der Waals surface area contributed by atoms with Crippen molar-refractivity contribution in [3.8, 4) is 0 Å². The van der Waals surface area contributed by atoms with Gasteiger partial charge in [-0.15, -0.1) is 0 Å². The van der Waals surface area contributed by atoms with E-state index in [4.69, 9.17) is 0 Å². The number of nitrogens with one attached hydrogen (secondary N) is 1. The Morgan fingerprint density at radius 2 is 2.15 bits per heavy atom. The summed E-state index contributed by atoms with van der Waals surface area (Å²) in [5.74, 6) is 0.0516. The number of rotatable bonds is 4. The van der Waals surface area contributed by atoms with Crippen molar-refractivity contribution >= 4 is 11.6 Å². The van der Waals surface area contributed by atoms with Crippen LogP contribution in [0.4, 0.5) is 5.69 Å². The Hall–Kier alpha value is -2.40. The number of hydrogen-bond donors (Lipinski definition) is 1. The molecule has 1 aromatic heterocycles. The highest BCUT2D eigenvalue weighted by atomic mass is 16.1. The lowest BCUT2D eigenvalue weighted by Gasteiger charge is -2.33. The van der Waals surface area contributed by atoms with Gasteiger partial charge in [-0.05, 0) is 68.1 Å². The molecule has 1 unspecified atom stereocenters. The molecule has 27 heavy (non-hydrogen) atoms. The van der Waals surface area contributed by atoms with E-state index in [1.165, 1.54) is 11.3 Å². The van der Waals surface area contributed by atoms with Gasteiger partial charge in [-0.3, -0.25) is 14.7 Å². The van der Waals surface area contributed by atoms with Crippen LogP contribution in [-0.4, -0.2) is 48.5 Å². The molecule has 2 aliphatic rings. The van der Waals surface area contributed by atoms with Crippen molar-refractivity contribution < 1.29 is 4.79 Å². The van der Waals surface area contributed by atoms with Gasteiger partial charge in [0.2, 0.25) is 0 Å². The van der Waals surface area contributed by atoms with Crippen LogP contribution in [-0.2, 0) is 13.0 Å². The summed E-state index contributed by atoms with van der Waals surface area (Å²) in [7, 11) is 2.12. The maximum atomic E-state index is 12.8. The van der Waals surface area contributed by atoms with E-state index in [0.29, 0.717) is 0 Å². The Morgan fingerprint density at radius 3 is 3.00 bits per heavy atom. The van der Waals surface area contributed by atoms with Gasteiger partial charge in [0.25, 0.3) is 5.91 Å². The molecule has 1 aromatic carbocycles. The Morgan fingerprint density at radius 1 is 1.22 bits per heavy atom. The topological polar surface area (TPSA) is 48.5 Å². The number of hydrogen-bond acceptors (Lipinski definition) is 4. The van der Waals surface area contributed by atoms with Crippen molar-refractivity contribution in [1.82, 2.24) is 15.2 Å². The smallest absolute Gasteiger partial charge is 0.251 e. The molecule has 0 saturated carbocycles. The third-order valence-corrected chi connectivity index (χ3v) is 5.65. The van der Waals surface area contributed by atoms with Crippen LogP contribution in [0.25, 0.3) is 0 Å². The minimum absolute atomic E-state index is 0.0516. The van der Waals surface area contributed by atoms with Crippen molar-refractivity contribution in [1.29, 1.82) is 0 Å². The molecule has 1 amide bonds. The lowest BCUT2D eigenvalue weighted by atomic mass is 9.99. The summed E-state index contributed by atoms with van der Waals surface area (Å²) >= 11 is 0. The molecule has 0 bridgehead atoms. The van der Waals surface area contributed by atoms with Crippen molar-refractivity contribution in [3.05, 3.63) is 59.4 Å². The molecule has 2 aromatic rings. The maximum absolute atomic E-state index is 12.8. The zero-order valence-electron chi connectivity index (χ0n) is 16.0. The molecular weight excluding hydrogens is 336 g/mol. The van der Waals surface area contributed by atoms with Gasteiger partial charge in [-0.25, -0.2) is 0 Å². The summed E-state index contributed by atoms with van der Waals surface area (Å²) < 4.78 is 0. The van der Waals surface area contributed by atoms with E-state index in [0.717, 1.165) is 63.1 Å². The fourth-order valence-corrected chi connectivity index (χ4v) is 4.23. The Labute approximate surface area is 161 Å². The average molecular weight is 364 g/mol. The first-order chi connectivity index (χ1) is 13.2. The van der Waals surface area contributed by atoms with E-state index in [2.05, 4.69) is 45.3 Å². The number of aryl methyl sites for hydroxylation is 1. The quantitative estimate of drug-likeness (QED) is 0.906. The number of carbonyl (C=O) groups excluding carboxylic acids is 1. The molecular formula is C22H28N4O. The van der Waals surface area contributed by atoms with Gasteiger partial charge in [-0.1, -0.05) is 6.07 Å². The molecule has 142 valence electrons. The zero-order valence-corrected chi connectivity index (χ0v) is 16.0. The summed E-state index contributed by atoms with van der Waals surface area (Å²) in [6.45, 7) is 3.88. The van der Waals surface area contributed by atoms with Crippen molar-refractivity contribution in [2.45, 2.75) is 38.3 Å². The number of benzene rings is 1. The van der Waals surface area contributed by atoms with Crippen LogP contribution in [0.15, 0.2) is 42.6 Å². The van der Waals surface area contributed by atoms with Gasteiger partial charge in [0.05, 0.1) is 5.69 Å². The van der Waals surface area contributed by atoms with E-state index in [1.807, 2.05) is 24.4 Å². The SMILES string of the molecule is CN1CCCc2cc(C(=O)NC3CCCN(Cc4ccccn4)C3)ccc21.